The van der Waals surface area contributed by atoms with Crippen molar-refractivity contribution in [2.45, 2.75) is 46.6 Å². The molecule has 1 aromatic heterocycles. The van der Waals surface area contributed by atoms with Gasteiger partial charge in [0.1, 0.15) is 0 Å². The summed E-state index contributed by atoms with van der Waals surface area (Å²) < 4.78 is 0. The van der Waals surface area contributed by atoms with Crippen molar-refractivity contribution in [1.29, 1.82) is 0 Å². The Labute approximate surface area is 222 Å². The van der Waals surface area contributed by atoms with Gasteiger partial charge in [-0.25, -0.2) is 0 Å². The normalized spacial score (nSPS) is 16.0. The van der Waals surface area contributed by atoms with Gasteiger partial charge in [0, 0.05) is 68.5 Å². The highest BCUT2D eigenvalue weighted by atomic mass is 16.2. The van der Waals surface area contributed by atoms with E-state index in [9.17, 15) is 4.79 Å². The minimum absolute atomic E-state index is 0.0966. The summed E-state index contributed by atoms with van der Waals surface area (Å²) in [7, 11) is 0. The second kappa shape index (κ2) is 13.2. The Morgan fingerprint density at radius 3 is 2.32 bits per heavy atom. The van der Waals surface area contributed by atoms with Crippen LogP contribution in [0.15, 0.2) is 89.9 Å². The maximum absolute atomic E-state index is 12.9. The summed E-state index contributed by atoms with van der Waals surface area (Å²) in [5.41, 5.74) is 8.39. The number of nitrogens with one attached hydrogen (secondary N) is 1. The zero-order valence-corrected chi connectivity index (χ0v) is 22.5. The number of allylic oxidation sites excluding steroid dienone is 6. The molecule has 1 N–H and O–H groups in total. The second-order valence-electron chi connectivity index (χ2n) is 9.57. The number of carbonyl (C=O) groups is 1. The van der Waals surface area contributed by atoms with Crippen molar-refractivity contribution in [1.82, 2.24) is 20.1 Å². The number of likely N-dealkylation sites (N-methyl/N-ethyl adjacent to an activating group) is 1. The quantitative estimate of drug-likeness (QED) is 0.463. The van der Waals surface area contributed by atoms with Crippen LogP contribution in [0.1, 0.15) is 61.5 Å². The number of aromatic nitrogens is 1. The van der Waals surface area contributed by atoms with Crippen LogP contribution in [-0.4, -0.2) is 53.4 Å². The first-order valence-corrected chi connectivity index (χ1v) is 13.7. The number of amides is 1. The molecule has 5 nitrogen and oxygen atoms in total. The van der Waals surface area contributed by atoms with Crippen LogP contribution < -0.4 is 5.32 Å². The van der Waals surface area contributed by atoms with Crippen molar-refractivity contribution in [2.24, 2.45) is 0 Å². The Hall–Kier alpha value is -3.44. The minimum Gasteiger partial charge on any atom is -0.385 e. The summed E-state index contributed by atoms with van der Waals surface area (Å²) in [4.78, 5) is 21.6. The topological polar surface area (TPSA) is 48.5 Å². The summed E-state index contributed by atoms with van der Waals surface area (Å²) in [6.45, 7) is 11.5. The van der Waals surface area contributed by atoms with Crippen molar-refractivity contribution in [2.75, 3.05) is 32.7 Å². The number of likely N-dealkylation sites (tertiary alicyclic amines) is 1. The molecule has 1 aliphatic heterocycles. The molecule has 0 radical (unpaired) electrons. The van der Waals surface area contributed by atoms with E-state index in [1.807, 2.05) is 49.3 Å². The first-order chi connectivity index (χ1) is 18.1. The Bertz CT molecular complexity index is 1160. The van der Waals surface area contributed by atoms with Gasteiger partial charge in [0.05, 0.1) is 0 Å². The SMILES string of the molecule is CCNC1=C(C(=C2CCN(Cc3cccnc3)CC2)c2ccc(C(=O)N(CC)CC)cc2)C=CCC=C1. The molecular formula is C32H40N4O. The second-order valence-corrected chi connectivity index (χ2v) is 9.57. The highest BCUT2D eigenvalue weighted by Gasteiger charge is 2.22. The molecule has 0 unspecified atom stereocenters. The standard InChI is InChI=1S/C32H40N4O/c1-4-34-30-13-9-7-8-12-29(30)31(26-14-16-28(17-15-26)32(37)36(5-2)6-3)27-18-21-35(22-19-27)24-25-11-10-20-33-23-25/h8-17,20,23,34H,4-7,18-19,21-22,24H2,1-3H3. The molecule has 0 atom stereocenters. The van der Waals surface area contributed by atoms with E-state index in [1.54, 1.807) is 0 Å². The van der Waals surface area contributed by atoms with Gasteiger partial charge in [0.15, 0.2) is 0 Å². The zero-order valence-electron chi connectivity index (χ0n) is 22.5. The fourth-order valence-corrected chi connectivity index (χ4v) is 5.20. The Balaban J connectivity index is 1.68. The summed E-state index contributed by atoms with van der Waals surface area (Å²) in [6, 6.07) is 12.4. The maximum Gasteiger partial charge on any atom is 0.253 e. The lowest BCUT2D eigenvalue weighted by atomic mass is 9.86. The van der Waals surface area contributed by atoms with E-state index in [0.717, 1.165) is 64.1 Å². The molecule has 2 aliphatic rings. The van der Waals surface area contributed by atoms with Gasteiger partial charge < -0.3 is 10.2 Å². The average molecular weight is 497 g/mol. The highest BCUT2D eigenvalue weighted by Crippen LogP contribution is 2.36. The number of piperidine rings is 1. The van der Waals surface area contributed by atoms with Crippen LogP contribution in [0.5, 0.6) is 0 Å². The summed E-state index contributed by atoms with van der Waals surface area (Å²) in [6.07, 6.45) is 15.7. The molecule has 0 bridgehead atoms. The highest BCUT2D eigenvalue weighted by molar-refractivity contribution is 5.95. The predicted molar refractivity (Wildman–Crippen MR) is 153 cm³/mol. The number of rotatable bonds is 9. The molecule has 194 valence electrons. The molecule has 2 aromatic rings. The van der Waals surface area contributed by atoms with Crippen LogP contribution >= 0.6 is 0 Å². The van der Waals surface area contributed by atoms with Crippen LogP contribution in [0, 0.1) is 0 Å². The Morgan fingerprint density at radius 1 is 0.973 bits per heavy atom. The van der Waals surface area contributed by atoms with Gasteiger partial charge in [-0.2, -0.15) is 0 Å². The number of carbonyl (C=O) groups excluding carboxylic acids is 1. The van der Waals surface area contributed by atoms with Crippen LogP contribution in [0.2, 0.25) is 0 Å². The largest absolute Gasteiger partial charge is 0.385 e. The van der Waals surface area contributed by atoms with E-state index in [2.05, 4.69) is 64.6 Å². The van der Waals surface area contributed by atoms with E-state index in [0.29, 0.717) is 0 Å². The van der Waals surface area contributed by atoms with E-state index < -0.39 is 0 Å². The van der Waals surface area contributed by atoms with Gasteiger partial charge in [-0.3, -0.25) is 14.7 Å². The fraction of sp³-hybridized carbons (Fsp3) is 0.375. The van der Waals surface area contributed by atoms with Crippen LogP contribution in [0.4, 0.5) is 0 Å². The van der Waals surface area contributed by atoms with Crippen molar-refractivity contribution in [3.63, 3.8) is 0 Å². The van der Waals surface area contributed by atoms with Gasteiger partial charge in [0.25, 0.3) is 5.91 Å². The lowest BCUT2D eigenvalue weighted by molar-refractivity contribution is 0.0773. The fourth-order valence-electron chi connectivity index (χ4n) is 5.20. The van der Waals surface area contributed by atoms with Crippen LogP contribution in [0.3, 0.4) is 0 Å². The molecule has 1 aromatic carbocycles. The van der Waals surface area contributed by atoms with Gasteiger partial charge in [-0.1, -0.05) is 42.0 Å². The molecule has 1 aliphatic carbocycles. The number of pyridine rings is 1. The smallest absolute Gasteiger partial charge is 0.253 e. The molecule has 0 spiro atoms. The van der Waals surface area contributed by atoms with Crippen LogP contribution in [-0.2, 0) is 6.54 Å². The summed E-state index contributed by atoms with van der Waals surface area (Å²) >= 11 is 0. The molecule has 2 heterocycles. The maximum atomic E-state index is 12.9. The van der Waals surface area contributed by atoms with Gasteiger partial charge in [-0.15, -0.1) is 0 Å². The van der Waals surface area contributed by atoms with E-state index in [1.165, 1.54) is 33.5 Å². The molecular weight excluding hydrogens is 456 g/mol. The minimum atomic E-state index is 0.0966. The molecule has 4 rings (SSSR count). The van der Waals surface area contributed by atoms with Gasteiger partial charge in [-0.05, 0) is 81.0 Å². The molecule has 1 saturated heterocycles. The van der Waals surface area contributed by atoms with E-state index >= 15 is 0 Å². The lowest BCUT2D eigenvalue weighted by Crippen LogP contribution is -2.31. The molecule has 37 heavy (non-hydrogen) atoms. The third kappa shape index (κ3) is 6.66. The lowest BCUT2D eigenvalue weighted by Gasteiger charge is -2.30. The van der Waals surface area contributed by atoms with Crippen molar-refractivity contribution in [3.8, 4) is 0 Å². The third-order valence-corrected chi connectivity index (χ3v) is 7.18. The Morgan fingerprint density at radius 2 is 1.68 bits per heavy atom. The molecule has 5 heteroatoms. The number of nitrogens with zero attached hydrogens (tertiary/aromatic N) is 3. The first-order valence-electron chi connectivity index (χ1n) is 13.7. The van der Waals surface area contributed by atoms with Crippen LogP contribution in [0.25, 0.3) is 5.57 Å². The predicted octanol–water partition coefficient (Wildman–Crippen LogP) is 5.99. The van der Waals surface area contributed by atoms with Crippen molar-refractivity contribution in [3.05, 3.63) is 107 Å². The zero-order chi connectivity index (χ0) is 26.0. The number of hydrogen-bond donors (Lipinski definition) is 1. The Kier molecular flexibility index (Phi) is 9.50. The van der Waals surface area contributed by atoms with Crippen molar-refractivity contribution < 1.29 is 4.79 Å². The molecule has 0 saturated carbocycles. The molecule has 1 amide bonds. The first kappa shape index (κ1) is 26.6. The number of hydrogen-bond acceptors (Lipinski definition) is 4. The van der Waals surface area contributed by atoms with E-state index in [-0.39, 0.29) is 5.91 Å². The summed E-state index contributed by atoms with van der Waals surface area (Å²) in [5, 5.41) is 3.59. The van der Waals surface area contributed by atoms with Gasteiger partial charge in [0.2, 0.25) is 0 Å². The average Bonchev–Trinajstić information content (AvgIpc) is 3.17. The molecule has 1 fully saturated rings. The third-order valence-electron chi connectivity index (χ3n) is 7.18. The van der Waals surface area contributed by atoms with E-state index in [4.69, 9.17) is 0 Å². The van der Waals surface area contributed by atoms with Gasteiger partial charge >= 0.3 is 0 Å². The number of benzene rings is 1. The van der Waals surface area contributed by atoms with Crippen molar-refractivity contribution >= 4 is 11.5 Å². The monoisotopic (exact) mass is 496 g/mol. The summed E-state index contributed by atoms with van der Waals surface area (Å²) in [5.74, 6) is 0.0966.